The number of rotatable bonds is 12. The van der Waals surface area contributed by atoms with E-state index in [1.807, 2.05) is 11.3 Å². The maximum absolute atomic E-state index is 8.49. The average Bonchev–Trinajstić information content (AvgIpc) is 3.42. The van der Waals surface area contributed by atoms with Crippen molar-refractivity contribution in [2.45, 2.75) is 97.9 Å². The zero-order valence-electron chi connectivity index (χ0n) is 27.3. The Hall–Kier alpha value is -2.78. The van der Waals surface area contributed by atoms with Gasteiger partial charge < -0.3 is 4.90 Å². The number of unbranched alkanes of at least 4 members (excludes halogenated alkanes) is 6. The second-order valence-electron chi connectivity index (χ2n) is 12.4. The highest BCUT2D eigenvalue weighted by Gasteiger charge is 2.40. The predicted molar refractivity (Wildman–Crippen MR) is 176 cm³/mol. The smallest absolute Gasteiger partial charge is 0.262 e. The summed E-state index contributed by atoms with van der Waals surface area (Å²) in [5, 5.41) is 4.07. The molecule has 4 aromatic rings. The van der Waals surface area contributed by atoms with Gasteiger partial charge in [0.2, 0.25) is 5.52 Å². The summed E-state index contributed by atoms with van der Waals surface area (Å²) in [5.41, 5.74) is 6.93. The molecule has 0 N–H and O–H groups in total. The zero-order valence-corrected chi connectivity index (χ0v) is 28.9. The first-order valence-corrected chi connectivity index (χ1v) is 18.2. The summed E-state index contributed by atoms with van der Waals surface area (Å²) in [5.74, 6) is 0. The maximum Gasteiger partial charge on any atom is 0.262 e. The lowest BCUT2D eigenvalue weighted by Crippen LogP contribution is -2.68. The minimum atomic E-state index is -4.94. The lowest BCUT2D eigenvalue weighted by atomic mass is 9.81. The van der Waals surface area contributed by atoms with Crippen LogP contribution in [0.15, 0.2) is 72.4 Å². The van der Waals surface area contributed by atoms with Gasteiger partial charge in [-0.15, -0.1) is 10.2 Å². The fourth-order valence-electron chi connectivity index (χ4n) is 6.46. The molecule has 0 bridgehead atoms. The first-order chi connectivity index (χ1) is 21.5. The number of fused-ring (bicyclic) bond motifs is 4. The number of benzene rings is 3. The zero-order chi connectivity index (χ0) is 32.6. The summed E-state index contributed by atoms with van der Waals surface area (Å²) in [6, 6.07) is 20.5. The molecular formula is C37H47ClN2O4S. The number of anilines is 1. The van der Waals surface area contributed by atoms with Crippen LogP contribution < -0.4 is 28.1 Å². The van der Waals surface area contributed by atoms with E-state index in [0.29, 0.717) is 0 Å². The molecule has 1 aliphatic rings. The minimum Gasteiger partial charge on any atom is -0.344 e. The van der Waals surface area contributed by atoms with Crippen molar-refractivity contribution >= 4 is 44.1 Å². The van der Waals surface area contributed by atoms with Crippen molar-refractivity contribution in [3.05, 3.63) is 88.6 Å². The van der Waals surface area contributed by atoms with E-state index in [1.54, 1.807) is 0 Å². The lowest BCUT2D eigenvalue weighted by molar-refractivity contribution is -2.00. The molecule has 1 aromatic heterocycles. The molecule has 0 saturated carbocycles. The van der Waals surface area contributed by atoms with Gasteiger partial charge in [0.25, 0.3) is 5.01 Å². The first kappa shape index (κ1) is 35.1. The van der Waals surface area contributed by atoms with Crippen LogP contribution in [0.5, 0.6) is 0 Å². The molecule has 5 rings (SSSR count). The Morgan fingerprint density at radius 3 is 2.29 bits per heavy atom. The minimum absolute atomic E-state index is 0.0563. The van der Waals surface area contributed by atoms with Gasteiger partial charge in [-0.1, -0.05) is 114 Å². The molecule has 45 heavy (non-hydrogen) atoms. The van der Waals surface area contributed by atoms with Crippen molar-refractivity contribution < 1.29 is 33.4 Å². The van der Waals surface area contributed by atoms with Crippen molar-refractivity contribution in [1.29, 1.82) is 0 Å². The molecule has 0 unspecified atom stereocenters. The Bertz CT molecular complexity index is 1630. The van der Waals surface area contributed by atoms with Gasteiger partial charge in [0.15, 0.2) is 6.54 Å². The fourth-order valence-corrected chi connectivity index (χ4v) is 7.66. The maximum atomic E-state index is 8.49. The highest BCUT2D eigenvalue weighted by atomic mass is 35.7. The van der Waals surface area contributed by atoms with E-state index in [4.69, 9.17) is 18.6 Å². The van der Waals surface area contributed by atoms with Crippen LogP contribution in [0, 0.1) is 17.2 Å². The summed E-state index contributed by atoms with van der Waals surface area (Å²) in [4.78, 5) is 2.61. The van der Waals surface area contributed by atoms with E-state index >= 15 is 0 Å². The van der Waals surface area contributed by atoms with E-state index in [2.05, 4.69) is 117 Å². The summed E-state index contributed by atoms with van der Waals surface area (Å²) >= 11 is 1.93. The van der Waals surface area contributed by atoms with Gasteiger partial charge in [-0.2, -0.15) is 4.57 Å². The first-order valence-electron chi connectivity index (χ1n) is 16.2. The molecule has 242 valence electrons. The summed E-state index contributed by atoms with van der Waals surface area (Å²) in [7, 11) is -4.94. The fraction of sp³-hybridized carbons (Fsp3) is 0.432. The van der Waals surface area contributed by atoms with Crippen LogP contribution in [0.4, 0.5) is 5.69 Å². The average molecular weight is 651 g/mol. The van der Waals surface area contributed by atoms with Gasteiger partial charge in [0.1, 0.15) is 4.70 Å². The number of aryl methyl sites for hydroxylation is 2. The third-order valence-corrected chi connectivity index (χ3v) is 9.72. The molecule has 0 amide bonds. The number of hydrogen-bond acceptors (Lipinski definition) is 6. The Kier molecular flexibility index (Phi) is 12.2. The van der Waals surface area contributed by atoms with Gasteiger partial charge in [-0.3, -0.25) is 0 Å². The van der Waals surface area contributed by atoms with Crippen molar-refractivity contribution in [2.75, 3.05) is 11.4 Å². The van der Waals surface area contributed by atoms with Gasteiger partial charge in [-0.25, -0.2) is 18.6 Å². The topological polar surface area (TPSA) is 99.4 Å². The third-order valence-electron chi connectivity index (χ3n) is 8.60. The van der Waals surface area contributed by atoms with E-state index in [0.717, 1.165) is 13.1 Å². The van der Waals surface area contributed by atoms with E-state index in [1.165, 1.54) is 99.9 Å². The Balaban J connectivity index is 0.000000854. The Morgan fingerprint density at radius 2 is 1.56 bits per heavy atom. The van der Waals surface area contributed by atoms with Gasteiger partial charge >= 0.3 is 0 Å². The molecule has 0 radical (unpaired) electrons. The van der Waals surface area contributed by atoms with E-state index < -0.39 is 10.2 Å². The molecule has 8 heteroatoms. The van der Waals surface area contributed by atoms with E-state index in [9.17, 15) is 0 Å². The number of aromatic nitrogens is 1. The molecule has 0 atom stereocenters. The van der Waals surface area contributed by atoms with Crippen LogP contribution in [-0.2, 0) is 12.0 Å². The van der Waals surface area contributed by atoms with Gasteiger partial charge in [0, 0.05) is 41.9 Å². The normalized spacial score (nSPS) is 15.3. The quantitative estimate of drug-likeness (QED) is 0.144. The van der Waals surface area contributed by atoms with Crippen LogP contribution in [0.2, 0.25) is 0 Å². The van der Waals surface area contributed by atoms with E-state index in [-0.39, 0.29) is 5.41 Å². The second-order valence-corrected chi connectivity index (χ2v) is 14.2. The second kappa shape index (κ2) is 15.7. The van der Waals surface area contributed by atoms with Crippen LogP contribution in [0.3, 0.4) is 0 Å². The van der Waals surface area contributed by atoms with Crippen LogP contribution in [-0.4, -0.2) is 6.54 Å². The van der Waals surface area contributed by atoms with Crippen molar-refractivity contribution in [3.8, 4) is 0 Å². The predicted octanol–water partition coefficient (Wildman–Crippen LogP) is 5.75. The highest BCUT2D eigenvalue weighted by Crippen LogP contribution is 2.50. The molecular weight excluding hydrogens is 604 g/mol. The van der Waals surface area contributed by atoms with Gasteiger partial charge in [-0.05, 0) is 59.9 Å². The number of hydrogen-bond donors (Lipinski definition) is 0. The van der Waals surface area contributed by atoms with Crippen LogP contribution >= 0.6 is 11.3 Å². The number of thiazole rings is 1. The van der Waals surface area contributed by atoms with Gasteiger partial charge in [0.05, 0.1) is 0 Å². The molecule has 1 aliphatic heterocycles. The number of nitrogens with zero attached hydrogens (tertiary/aromatic N) is 2. The SMILES string of the molecule is CCCCCCC[n+]1c(/C=C/C=C2/N(CCCCC)c3ccc4ccccc4c3C2(C)C)sc2cc(C)ccc21.[O-][Cl+3]([O-])([O-])[O-]. The summed E-state index contributed by atoms with van der Waals surface area (Å²) in [6.45, 7) is 13.8. The van der Waals surface area contributed by atoms with Crippen molar-refractivity contribution in [2.24, 2.45) is 0 Å². The molecule has 0 saturated heterocycles. The Morgan fingerprint density at radius 1 is 0.867 bits per heavy atom. The van der Waals surface area contributed by atoms with Crippen LogP contribution in [0.1, 0.15) is 95.2 Å². The summed E-state index contributed by atoms with van der Waals surface area (Å²) in [6.07, 6.45) is 17.3. The molecule has 0 aliphatic carbocycles. The molecule has 0 spiro atoms. The van der Waals surface area contributed by atoms with Crippen LogP contribution in [0.25, 0.3) is 27.1 Å². The molecule has 0 fully saturated rings. The molecule has 6 nitrogen and oxygen atoms in total. The number of halogens is 1. The third kappa shape index (κ3) is 8.94. The number of allylic oxidation sites excluding steroid dienone is 3. The van der Waals surface area contributed by atoms with Crippen molar-refractivity contribution in [3.63, 3.8) is 0 Å². The summed E-state index contributed by atoms with van der Waals surface area (Å²) < 4.78 is 37.9. The standard InChI is InChI=1S/C37H47N2S.ClHO4/c1-6-8-10-11-15-26-39-31-23-21-28(3)27-33(31)40-35(39)20-16-19-34-37(4,5)36-30-18-13-12-17-29(30)22-24-32(36)38(34)25-14-9-7-2;2-1(3,4)5/h12-13,16-24,27H,6-11,14-15,25-26H2,1-5H3;(H,2,3,4,5)/q+1;/p-1. The Labute approximate surface area is 274 Å². The monoisotopic (exact) mass is 650 g/mol. The molecule has 3 aromatic carbocycles. The van der Waals surface area contributed by atoms with Crippen molar-refractivity contribution in [1.82, 2.24) is 0 Å². The molecule has 2 heterocycles. The lowest BCUT2D eigenvalue weighted by Gasteiger charge is -2.27. The highest BCUT2D eigenvalue weighted by molar-refractivity contribution is 7.18. The largest absolute Gasteiger partial charge is 0.344 e.